The molecule has 0 atom stereocenters. The van der Waals surface area contributed by atoms with Gasteiger partial charge in [0.15, 0.2) is 0 Å². The lowest BCUT2D eigenvalue weighted by atomic mass is 10.1. The van der Waals surface area contributed by atoms with Gasteiger partial charge in [-0.25, -0.2) is 4.68 Å². The summed E-state index contributed by atoms with van der Waals surface area (Å²) in [6, 6.07) is 5.27. The molecular weight excluding hydrogens is 208 g/mol. The number of methoxy groups -OCH3 is 1. The predicted octanol–water partition coefficient (Wildman–Crippen LogP) is 0.188. The summed E-state index contributed by atoms with van der Waals surface area (Å²) in [5.41, 5.74) is 1.31. The molecule has 6 nitrogen and oxygen atoms in total. The van der Waals surface area contributed by atoms with Crippen molar-refractivity contribution in [2.75, 3.05) is 7.11 Å². The molecule has 81 valence electrons. The van der Waals surface area contributed by atoms with E-state index in [0.29, 0.717) is 17.9 Å². The van der Waals surface area contributed by atoms with Crippen molar-refractivity contribution in [2.24, 2.45) is 0 Å². The van der Waals surface area contributed by atoms with E-state index in [1.54, 1.807) is 16.8 Å². The van der Waals surface area contributed by atoms with Gasteiger partial charge in [-0.1, -0.05) is 6.07 Å². The lowest BCUT2D eigenvalue weighted by Gasteiger charge is -2.05. The third-order valence-corrected chi connectivity index (χ3v) is 2.11. The SMILES string of the molecule is COc1ccc(Cn2cnnn2)cc1[C]=O. The fraction of sp³-hybridized carbons (Fsp3) is 0.200. The average Bonchev–Trinajstić information content (AvgIpc) is 2.81. The van der Waals surface area contributed by atoms with Gasteiger partial charge in [0.1, 0.15) is 12.1 Å². The first kappa shape index (κ1) is 10.3. The van der Waals surface area contributed by atoms with Crippen LogP contribution < -0.4 is 4.74 Å². The number of tetrazole rings is 1. The number of ether oxygens (including phenoxy) is 1. The standard InChI is InChI=1S/C10H9N4O2/c1-16-10-3-2-8(4-9(10)6-15)5-14-7-11-12-13-14/h2-4,7H,5H2,1H3. The van der Waals surface area contributed by atoms with E-state index in [-0.39, 0.29) is 0 Å². The summed E-state index contributed by atoms with van der Waals surface area (Å²) in [5.74, 6) is 0.510. The highest BCUT2D eigenvalue weighted by Crippen LogP contribution is 2.18. The molecule has 0 saturated carbocycles. The molecule has 1 heterocycles. The maximum Gasteiger partial charge on any atom is 0.237 e. The summed E-state index contributed by atoms with van der Waals surface area (Å²) in [4.78, 5) is 10.7. The van der Waals surface area contributed by atoms with Crippen LogP contribution in [0.1, 0.15) is 11.1 Å². The topological polar surface area (TPSA) is 69.9 Å². The monoisotopic (exact) mass is 217 g/mol. The number of hydrogen-bond acceptors (Lipinski definition) is 5. The van der Waals surface area contributed by atoms with Crippen molar-refractivity contribution in [3.05, 3.63) is 35.7 Å². The van der Waals surface area contributed by atoms with Gasteiger partial charge in [-0.15, -0.1) is 5.10 Å². The summed E-state index contributed by atoms with van der Waals surface area (Å²) < 4.78 is 6.58. The Kier molecular flexibility index (Phi) is 2.90. The largest absolute Gasteiger partial charge is 0.496 e. The van der Waals surface area contributed by atoms with Gasteiger partial charge >= 0.3 is 0 Å². The van der Waals surface area contributed by atoms with Crippen LogP contribution in [0, 0.1) is 0 Å². The van der Waals surface area contributed by atoms with E-state index in [1.807, 2.05) is 12.4 Å². The van der Waals surface area contributed by atoms with Crippen LogP contribution in [0.4, 0.5) is 0 Å². The Morgan fingerprint density at radius 1 is 1.50 bits per heavy atom. The second-order valence-electron chi connectivity index (χ2n) is 3.14. The van der Waals surface area contributed by atoms with Crippen LogP contribution in [-0.4, -0.2) is 33.6 Å². The maximum atomic E-state index is 10.7. The second-order valence-corrected chi connectivity index (χ2v) is 3.14. The Bertz CT molecular complexity index is 482. The smallest absolute Gasteiger partial charge is 0.237 e. The molecule has 0 unspecified atom stereocenters. The van der Waals surface area contributed by atoms with Crippen LogP contribution in [0.2, 0.25) is 0 Å². The van der Waals surface area contributed by atoms with Crippen molar-refractivity contribution >= 4 is 6.29 Å². The molecule has 0 aliphatic heterocycles. The van der Waals surface area contributed by atoms with Gasteiger partial charge in [0.05, 0.1) is 19.2 Å². The van der Waals surface area contributed by atoms with Crippen LogP contribution >= 0.6 is 0 Å². The van der Waals surface area contributed by atoms with Crippen LogP contribution in [0.15, 0.2) is 24.5 Å². The van der Waals surface area contributed by atoms with Crippen molar-refractivity contribution < 1.29 is 9.53 Å². The van der Waals surface area contributed by atoms with E-state index in [9.17, 15) is 4.79 Å². The zero-order chi connectivity index (χ0) is 11.4. The number of nitrogens with zero attached hydrogens (tertiary/aromatic N) is 4. The van der Waals surface area contributed by atoms with Crippen LogP contribution in [0.5, 0.6) is 5.75 Å². The van der Waals surface area contributed by atoms with Gasteiger partial charge in [0.2, 0.25) is 6.29 Å². The van der Waals surface area contributed by atoms with Crippen LogP contribution in [-0.2, 0) is 11.3 Å². The van der Waals surface area contributed by atoms with E-state index in [4.69, 9.17) is 4.74 Å². The number of hydrogen-bond donors (Lipinski definition) is 0. The number of rotatable bonds is 4. The second kappa shape index (κ2) is 4.52. The molecule has 0 saturated heterocycles. The first-order chi connectivity index (χ1) is 7.83. The fourth-order valence-corrected chi connectivity index (χ4v) is 1.37. The molecule has 2 aromatic rings. The molecule has 2 rings (SSSR count). The molecule has 0 bridgehead atoms. The maximum absolute atomic E-state index is 10.7. The van der Waals surface area contributed by atoms with Crippen LogP contribution in [0.3, 0.4) is 0 Å². The van der Waals surface area contributed by atoms with Crippen molar-refractivity contribution in [2.45, 2.75) is 6.54 Å². The molecule has 0 N–H and O–H groups in total. The first-order valence-electron chi connectivity index (χ1n) is 4.59. The minimum atomic E-state index is 0.396. The molecule has 0 fully saturated rings. The molecule has 16 heavy (non-hydrogen) atoms. The van der Waals surface area contributed by atoms with Gasteiger partial charge in [0.25, 0.3) is 0 Å². The van der Waals surface area contributed by atoms with Crippen molar-refractivity contribution in [3.63, 3.8) is 0 Å². The van der Waals surface area contributed by atoms with E-state index in [2.05, 4.69) is 15.5 Å². The summed E-state index contributed by atoms with van der Waals surface area (Å²) >= 11 is 0. The van der Waals surface area contributed by atoms with Crippen molar-refractivity contribution in [1.82, 2.24) is 20.2 Å². The van der Waals surface area contributed by atoms with Gasteiger partial charge in [-0.2, -0.15) is 0 Å². The van der Waals surface area contributed by atoms with Gasteiger partial charge in [-0.3, -0.25) is 4.79 Å². The Labute approximate surface area is 91.8 Å². The summed E-state index contributed by atoms with van der Waals surface area (Å²) in [7, 11) is 1.51. The Balaban J connectivity index is 2.26. The predicted molar refractivity (Wildman–Crippen MR) is 54.7 cm³/mol. The van der Waals surface area contributed by atoms with Gasteiger partial charge in [0, 0.05) is 0 Å². The molecule has 1 aromatic heterocycles. The first-order valence-corrected chi connectivity index (χ1v) is 4.59. The zero-order valence-electron chi connectivity index (χ0n) is 8.62. The Morgan fingerprint density at radius 2 is 2.38 bits per heavy atom. The van der Waals surface area contributed by atoms with Crippen LogP contribution in [0.25, 0.3) is 0 Å². The minimum absolute atomic E-state index is 0.396. The highest BCUT2D eigenvalue weighted by atomic mass is 16.5. The molecule has 0 aliphatic carbocycles. The van der Waals surface area contributed by atoms with Crippen molar-refractivity contribution in [1.29, 1.82) is 0 Å². The number of aromatic nitrogens is 4. The number of carbonyl (C=O) groups excluding carboxylic acids is 1. The lowest BCUT2D eigenvalue weighted by molar-refractivity contribution is 0.413. The summed E-state index contributed by atoms with van der Waals surface area (Å²) in [6.07, 6.45) is 3.34. The minimum Gasteiger partial charge on any atom is -0.496 e. The summed E-state index contributed by atoms with van der Waals surface area (Å²) in [6.45, 7) is 0.506. The van der Waals surface area contributed by atoms with E-state index >= 15 is 0 Å². The Hall–Kier alpha value is -2.24. The third-order valence-electron chi connectivity index (χ3n) is 2.11. The zero-order valence-corrected chi connectivity index (χ0v) is 8.62. The van der Waals surface area contributed by atoms with E-state index in [0.717, 1.165) is 5.56 Å². The molecule has 6 heteroatoms. The third kappa shape index (κ3) is 2.05. The molecule has 1 aromatic carbocycles. The molecular formula is C10H9N4O2. The molecule has 0 spiro atoms. The normalized spacial score (nSPS) is 10.1. The van der Waals surface area contributed by atoms with Crippen molar-refractivity contribution in [3.8, 4) is 5.75 Å². The highest BCUT2D eigenvalue weighted by Gasteiger charge is 2.05. The van der Waals surface area contributed by atoms with Gasteiger partial charge < -0.3 is 4.74 Å². The molecule has 1 radical (unpaired) electrons. The number of benzene rings is 1. The van der Waals surface area contributed by atoms with Gasteiger partial charge in [-0.05, 0) is 28.1 Å². The van der Waals surface area contributed by atoms with E-state index < -0.39 is 0 Å². The molecule has 0 amide bonds. The lowest BCUT2D eigenvalue weighted by Crippen LogP contribution is -2.02. The summed E-state index contributed by atoms with van der Waals surface area (Å²) in [5, 5.41) is 10.8. The van der Waals surface area contributed by atoms with E-state index in [1.165, 1.54) is 13.4 Å². The average molecular weight is 217 g/mol. The molecule has 0 aliphatic rings. The highest BCUT2D eigenvalue weighted by molar-refractivity contribution is 5.80. The fourth-order valence-electron chi connectivity index (χ4n) is 1.37. The quantitative estimate of drug-likeness (QED) is 0.731. The Morgan fingerprint density at radius 3 is 3.00 bits per heavy atom.